The maximum Gasteiger partial charge on any atom is 0.408 e. The summed E-state index contributed by atoms with van der Waals surface area (Å²) in [7, 11) is 0. The number of aliphatic carboxylic acids is 1. The molecule has 8 heteroatoms. The first-order chi connectivity index (χ1) is 14.9. The third kappa shape index (κ3) is 8.19. The van der Waals surface area contributed by atoms with Crippen LogP contribution < -0.4 is 10.6 Å². The van der Waals surface area contributed by atoms with E-state index in [0.717, 1.165) is 11.1 Å². The van der Waals surface area contributed by atoms with E-state index in [1.54, 1.807) is 43.3 Å². The van der Waals surface area contributed by atoms with Crippen molar-refractivity contribution in [1.29, 1.82) is 5.26 Å². The van der Waals surface area contributed by atoms with Crippen LogP contribution in [0.5, 0.6) is 0 Å². The van der Waals surface area contributed by atoms with Gasteiger partial charge < -0.3 is 20.5 Å². The number of alkyl carbamates (subject to hydrolysis) is 1. The Kier molecular flexibility index (Phi) is 9.05. The Morgan fingerprint density at radius 2 is 1.55 bits per heavy atom. The Hall–Kier alpha value is -3.86. The molecule has 0 unspecified atom stereocenters. The molecular formula is C23H25N3O5. The smallest absolute Gasteiger partial charge is 0.408 e. The number of hydrogen-bond acceptors (Lipinski definition) is 5. The van der Waals surface area contributed by atoms with E-state index in [-0.39, 0.29) is 19.4 Å². The molecule has 2 amide bonds. The SMILES string of the molecule is C[C@H](C#N)C[C@@H](NC(=O)[C@H](Cc1ccccc1)NC(=O)OCc1ccccc1)C(=O)O. The number of benzene rings is 2. The van der Waals surface area contributed by atoms with Crippen molar-refractivity contribution in [3.8, 4) is 6.07 Å². The second kappa shape index (κ2) is 12.0. The number of nitriles is 1. The third-order valence-corrected chi connectivity index (χ3v) is 4.53. The Labute approximate surface area is 180 Å². The topological polar surface area (TPSA) is 129 Å². The van der Waals surface area contributed by atoms with E-state index in [1.807, 2.05) is 30.3 Å². The quantitative estimate of drug-likeness (QED) is 0.539. The van der Waals surface area contributed by atoms with Crippen LogP contribution in [-0.2, 0) is 27.4 Å². The van der Waals surface area contributed by atoms with Crippen molar-refractivity contribution in [1.82, 2.24) is 10.6 Å². The highest BCUT2D eigenvalue weighted by Crippen LogP contribution is 2.08. The summed E-state index contributed by atoms with van der Waals surface area (Å²) in [5, 5.41) is 23.3. The van der Waals surface area contributed by atoms with Gasteiger partial charge >= 0.3 is 12.1 Å². The number of carbonyl (C=O) groups is 3. The summed E-state index contributed by atoms with van der Waals surface area (Å²) in [4.78, 5) is 36.6. The Bertz CT molecular complexity index is 912. The molecule has 3 atom stereocenters. The predicted octanol–water partition coefficient (Wildman–Crippen LogP) is 2.64. The van der Waals surface area contributed by atoms with Crippen molar-refractivity contribution in [2.75, 3.05) is 0 Å². The number of hydrogen-bond donors (Lipinski definition) is 3. The molecular weight excluding hydrogens is 398 g/mol. The largest absolute Gasteiger partial charge is 0.480 e. The first-order valence-electron chi connectivity index (χ1n) is 9.83. The molecule has 8 nitrogen and oxygen atoms in total. The lowest BCUT2D eigenvalue weighted by molar-refractivity contribution is -0.142. The lowest BCUT2D eigenvalue weighted by atomic mass is 10.0. The van der Waals surface area contributed by atoms with E-state index in [1.165, 1.54) is 0 Å². The standard InChI is InChI=1S/C23H25N3O5/c1-16(14-24)12-20(22(28)29)25-21(27)19(13-17-8-4-2-5-9-17)26-23(30)31-15-18-10-6-3-7-11-18/h2-11,16,19-20H,12-13,15H2,1H3,(H,25,27)(H,26,30)(H,28,29)/t16-,19-,20+/m0/s1. The normalized spacial score (nSPS) is 13.2. The minimum Gasteiger partial charge on any atom is -0.480 e. The van der Waals surface area contributed by atoms with E-state index >= 15 is 0 Å². The minimum absolute atomic E-state index is 0.0315. The molecule has 0 bridgehead atoms. The number of nitrogens with zero attached hydrogens (tertiary/aromatic N) is 1. The van der Waals surface area contributed by atoms with E-state index in [0.29, 0.717) is 0 Å². The molecule has 0 radical (unpaired) electrons. The first kappa shape index (κ1) is 23.4. The van der Waals surface area contributed by atoms with Gasteiger partial charge in [0, 0.05) is 12.3 Å². The zero-order chi connectivity index (χ0) is 22.6. The summed E-state index contributed by atoms with van der Waals surface area (Å²) < 4.78 is 5.19. The zero-order valence-corrected chi connectivity index (χ0v) is 17.2. The molecule has 2 aromatic carbocycles. The summed E-state index contributed by atoms with van der Waals surface area (Å²) in [5.74, 6) is -2.48. The summed E-state index contributed by atoms with van der Waals surface area (Å²) in [6.45, 7) is 1.60. The molecule has 0 aromatic heterocycles. The molecule has 0 saturated carbocycles. The van der Waals surface area contributed by atoms with Crippen molar-refractivity contribution in [2.45, 2.75) is 38.5 Å². The number of nitrogens with one attached hydrogen (secondary N) is 2. The number of carboxylic acids is 1. The maximum atomic E-state index is 12.8. The van der Waals surface area contributed by atoms with Gasteiger partial charge in [0.15, 0.2) is 0 Å². The van der Waals surface area contributed by atoms with Gasteiger partial charge in [-0.1, -0.05) is 60.7 Å². The third-order valence-electron chi connectivity index (χ3n) is 4.53. The molecule has 2 rings (SSSR count). The van der Waals surface area contributed by atoms with E-state index in [4.69, 9.17) is 10.00 Å². The fraction of sp³-hybridized carbons (Fsp3) is 0.304. The van der Waals surface area contributed by atoms with Crippen LogP contribution >= 0.6 is 0 Å². The maximum absolute atomic E-state index is 12.8. The summed E-state index contributed by atoms with van der Waals surface area (Å²) in [6, 6.07) is 17.7. The highest BCUT2D eigenvalue weighted by Gasteiger charge is 2.28. The average Bonchev–Trinajstić information content (AvgIpc) is 2.78. The van der Waals surface area contributed by atoms with Crippen LogP contribution in [0.4, 0.5) is 4.79 Å². The number of carboxylic acid groups (broad SMARTS) is 1. The van der Waals surface area contributed by atoms with Crippen LogP contribution in [0.15, 0.2) is 60.7 Å². The molecule has 0 aliphatic carbocycles. The molecule has 0 saturated heterocycles. The number of ether oxygens (including phenoxy) is 1. The van der Waals surface area contributed by atoms with Crippen molar-refractivity contribution in [3.63, 3.8) is 0 Å². The summed E-state index contributed by atoms with van der Waals surface area (Å²) >= 11 is 0. The monoisotopic (exact) mass is 423 g/mol. The van der Waals surface area contributed by atoms with Crippen molar-refractivity contribution < 1.29 is 24.2 Å². The van der Waals surface area contributed by atoms with Crippen LogP contribution in [0.1, 0.15) is 24.5 Å². The van der Waals surface area contributed by atoms with Gasteiger partial charge in [-0.2, -0.15) is 5.26 Å². The molecule has 0 fully saturated rings. The number of rotatable bonds is 10. The van der Waals surface area contributed by atoms with E-state index in [2.05, 4.69) is 10.6 Å². The molecule has 0 aliphatic heterocycles. The van der Waals surface area contributed by atoms with Crippen molar-refractivity contribution >= 4 is 18.0 Å². The molecule has 0 spiro atoms. The van der Waals surface area contributed by atoms with Gasteiger partial charge in [-0.15, -0.1) is 0 Å². The van der Waals surface area contributed by atoms with Gasteiger partial charge in [-0.3, -0.25) is 4.79 Å². The summed E-state index contributed by atoms with van der Waals surface area (Å²) in [5.41, 5.74) is 1.57. The average molecular weight is 423 g/mol. The minimum atomic E-state index is -1.25. The Morgan fingerprint density at radius 1 is 0.968 bits per heavy atom. The molecule has 0 aliphatic rings. The van der Waals surface area contributed by atoms with Crippen LogP contribution in [0, 0.1) is 17.2 Å². The van der Waals surface area contributed by atoms with E-state index < -0.39 is 36.0 Å². The van der Waals surface area contributed by atoms with Gasteiger partial charge in [-0.05, 0) is 24.5 Å². The Morgan fingerprint density at radius 3 is 2.10 bits per heavy atom. The second-order valence-electron chi connectivity index (χ2n) is 7.11. The zero-order valence-electron chi connectivity index (χ0n) is 17.2. The van der Waals surface area contributed by atoms with Crippen LogP contribution in [0.3, 0.4) is 0 Å². The van der Waals surface area contributed by atoms with Gasteiger partial charge in [0.25, 0.3) is 0 Å². The Balaban J connectivity index is 2.07. The van der Waals surface area contributed by atoms with Crippen LogP contribution in [0.25, 0.3) is 0 Å². The highest BCUT2D eigenvalue weighted by molar-refractivity contribution is 5.89. The van der Waals surface area contributed by atoms with Gasteiger partial charge in [-0.25, -0.2) is 9.59 Å². The first-order valence-corrected chi connectivity index (χ1v) is 9.83. The molecule has 3 N–H and O–H groups in total. The van der Waals surface area contributed by atoms with Gasteiger partial charge in [0.05, 0.1) is 6.07 Å². The van der Waals surface area contributed by atoms with Crippen molar-refractivity contribution in [3.05, 3.63) is 71.8 Å². The summed E-state index contributed by atoms with van der Waals surface area (Å²) in [6.07, 6.45) is -0.696. The lowest BCUT2D eigenvalue weighted by Crippen LogP contribution is -2.52. The van der Waals surface area contributed by atoms with Gasteiger partial charge in [0.2, 0.25) is 5.91 Å². The molecule has 0 heterocycles. The number of carbonyl (C=O) groups excluding carboxylic acids is 2. The lowest BCUT2D eigenvalue weighted by Gasteiger charge is -2.22. The molecule has 2 aromatic rings. The second-order valence-corrected chi connectivity index (χ2v) is 7.11. The molecule has 31 heavy (non-hydrogen) atoms. The van der Waals surface area contributed by atoms with E-state index in [9.17, 15) is 19.5 Å². The molecule has 162 valence electrons. The van der Waals surface area contributed by atoms with Crippen molar-refractivity contribution in [2.24, 2.45) is 5.92 Å². The fourth-order valence-electron chi connectivity index (χ4n) is 2.87. The van der Waals surface area contributed by atoms with Gasteiger partial charge in [0.1, 0.15) is 18.7 Å². The number of amides is 2. The van der Waals surface area contributed by atoms with Crippen LogP contribution in [0.2, 0.25) is 0 Å². The van der Waals surface area contributed by atoms with Crippen LogP contribution in [-0.4, -0.2) is 35.2 Å². The fourth-order valence-corrected chi connectivity index (χ4v) is 2.87. The predicted molar refractivity (Wildman–Crippen MR) is 113 cm³/mol. The highest BCUT2D eigenvalue weighted by atomic mass is 16.5.